The Morgan fingerprint density at radius 3 is 1.24 bits per heavy atom. The normalized spacial score (nSPS) is 15.1. The van der Waals surface area contributed by atoms with Crippen LogP contribution in [0.3, 0.4) is 0 Å². The first kappa shape index (κ1) is 37.6. The van der Waals surface area contributed by atoms with E-state index in [9.17, 15) is 0 Å². The zero-order valence-electron chi connectivity index (χ0n) is 35.9. The van der Waals surface area contributed by atoms with Crippen molar-refractivity contribution in [1.29, 1.82) is 0 Å². The fourth-order valence-corrected chi connectivity index (χ4v) is 11.3. The number of hydrogen-bond donors (Lipinski definition) is 0. The van der Waals surface area contributed by atoms with Crippen LogP contribution in [0.5, 0.6) is 0 Å². The van der Waals surface area contributed by atoms with Crippen molar-refractivity contribution >= 4 is 0 Å². The molecule has 9 aromatic rings. The van der Waals surface area contributed by atoms with Crippen LogP contribution in [0.15, 0.2) is 194 Å². The number of benzene rings is 8. The Balaban J connectivity index is 0.898. The van der Waals surface area contributed by atoms with E-state index in [1.165, 1.54) is 93.3 Å². The van der Waals surface area contributed by atoms with Gasteiger partial charge in [-0.05, 0) is 97.8 Å². The van der Waals surface area contributed by atoms with E-state index >= 15 is 0 Å². The lowest BCUT2D eigenvalue weighted by Gasteiger charge is -2.36. The molecule has 0 N–H and O–H groups in total. The maximum absolute atomic E-state index is 5.45. The lowest BCUT2D eigenvalue weighted by atomic mass is 9.67. The minimum atomic E-state index is -0.0231. The molecule has 63 heavy (non-hydrogen) atoms. The summed E-state index contributed by atoms with van der Waals surface area (Å²) in [6.07, 6.45) is 6.38. The molecule has 0 unspecified atom stereocenters. The van der Waals surface area contributed by atoms with Gasteiger partial charge in [0.05, 0.1) is 22.8 Å². The summed E-state index contributed by atoms with van der Waals surface area (Å²) >= 11 is 0. The number of nitrogens with zero attached hydrogens (tertiary/aromatic N) is 2. The second kappa shape index (κ2) is 14.7. The van der Waals surface area contributed by atoms with Gasteiger partial charge >= 0.3 is 0 Å². The van der Waals surface area contributed by atoms with Crippen LogP contribution in [-0.4, -0.2) is 9.97 Å². The maximum atomic E-state index is 5.45. The first-order chi connectivity index (χ1) is 31.0. The zero-order chi connectivity index (χ0) is 42.1. The predicted molar refractivity (Wildman–Crippen MR) is 262 cm³/mol. The SMILES string of the molecule is CC1(C)c2ccccc2-c2cc3c(cc21)-c1cc(-c2ccc(-c4ccc(-c5nc(-c6ccccc6)c(-c6ccccc6)nc5-c5ccccc5)cc4)cc2)ccc1C31CCCCC1. The highest BCUT2D eigenvalue weighted by Gasteiger charge is 2.46. The lowest BCUT2D eigenvalue weighted by molar-refractivity contribution is 0.353. The third kappa shape index (κ3) is 6.07. The molecule has 0 atom stereocenters. The Morgan fingerprint density at radius 1 is 0.302 bits per heavy atom. The van der Waals surface area contributed by atoms with E-state index in [0.29, 0.717) is 0 Å². The van der Waals surface area contributed by atoms with Crippen molar-refractivity contribution in [3.63, 3.8) is 0 Å². The summed E-state index contributed by atoms with van der Waals surface area (Å²) in [5.41, 5.74) is 24.4. The van der Waals surface area contributed by atoms with Crippen LogP contribution >= 0.6 is 0 Å². The number of aromatic nitrogens is 2. The zero-order valence-corrected chi connectivity index (χ0v) is 35.9. The van der Waals surface area contributed by atoms with Gasteiger partial charge in [0, 0.05) is 33.1 Å². The molecule has 1 spiro atoms. The quantitative estimate of drug-likeness (QED) is 0.167. The molecule has 2 nitrogen and oxygen atoms in total. The summed E-state index contributed by atoms with van der Waals surface area (Å²) < 4.78 is 0. The molecule has 8 aromatic carbocycles. The van der Waals surface area contributed by atoms with Gasteiger partial charge in [-0.3, -0.25) is 0 Å². The van der Waals surface area contributed by atoms with Gasteiger partial charge in [-0.2, -0.15) is 0 Å². The van der Waals surface area contributed by atoms with Crippen LogP contribution in [0.2, 0.25) is 0 Å². The summed E-state index contributed by atoms with van der Waals surface area (Å²) in [4.78, 5) is 10.9. The molecule has 3 aliphatic carbocycles. The Morgan fingerprint density at radius 2 is 0.698 bits per heavy atom. The molecular formula is C61H48N2. The summed E-state index contributed by atoms with van der Waals surface area (Å²) in [6, 6.07) is 70.9. The van der Waals surface area contributed by atoms with Gasteiger partial charge in [-0.25, -0.2) is 9.97 Å². The van der Waals surface area contributed by atoms with Gasteiger partial charge in [0.15, 0.2) is 0 Å². The van der Waals surface area contributed by atoms with Crippen molar-refractivity contribution in [1.82, 2.24) is 9.97 Å². The van der Waals surface area contributed by atoms with Crippen molar-refractivity contribution < 1.29 is 0 Å². The Labute approximate surface area is 371 Å². The summed E-state index contributed by atoms with van der Waals surface area (Å²) in [5.74, 6) is 0. The number of hydrogen-bond acceptors (Lipinski definition) is 2. The average Bonchev–Trinajstić information content (AvgIpc) is 3.74. The van der Waals surface area contributed by atoms with E-state index in [0.717, 1.165) is 45.0 Å². The highest BCUT2D eigenvalue weighted by atomic mass is 14.9. The van der Waals surface area contributed by atoms with Gasteiger partial charge < -0.3 is 0 Å². The fourth-order valence-electron chi connectivity index (χ4n) is 11.3. The van der Waals surface area contributed by atoms with Crippen LogP contribution in [0.4, 0.5) is 0 Å². The van der Waals surface area contributed by atoms with Gasteiger partial charge in [0.25, 0.3) is 0 Å². The third-order valence-electron chi connectivity index (χ3n) is 14.5. The van der Waals surface area contributed by atoms with Crippen LogP contribution in [0.25, 0.3) is 89.5 Å². The van der Waals surface area contributed by atoms with Crippen molar-refractivity contribution in [2.45, 2.75) is 56.8 Å². The van der Waals surface area contributed by atoms with Crippen LogP contribution in [0.1, 0.15) is 68.2 Å². The molecule has 1 saturated carbocycles. The second-order valence-corrected chi connectivity index (χ2v) is 18.4. The van der Waals surface area contributed by atoms with Gasteiger partial charge in [-0.1, -0.05) is 209 Å². The van der Waals surface area contributed by atoms with E-state index in [1.54, 1.807) is 5.56 Å². The lowest BCUT2D eigenvalue weighted by Crippen LogP contribution is -2.28. The Kier molecular flexibility index (Phi) is 8.80. The second-order valence-electron chi connectivity index (χ2n) is 18.4. The molecule has 0 aliphatic heterocycles. The van der Waals surface area contributed by atoms with Crippen molar-refractivity contribution in [2.24, 2.45) is 0 Å². The standard InChI is InChI=1S/C61H48N2/c1-60(2)52-24-14-13-23-48(52)50-39-55-51(38-54(50)60)49-37-47(33-34-53(49)61(55)35-15-6-16-36-61)42-27-25-40(26-28-42)41-29-31-46(32-30-41)59-58(45-21-11-5-12-22-45)62-56(43-17-7-3-8-18-43)57(63-59)44-19-9-4-10-20-44/h3-5,7-14,17-34,37-39H,6,15-16,35-36H2,1-2H3. The highest BCUT2D eigenvalue weighted by Crippen LogP contribution is 2.60. The summed E-state index contributed by atoms with van der Waals surface area (Å²) in [6.45, 7) is 4.81. The molecule has 3 aliphatic rings. The van der Waals surface area contributed by atoms with E-state index in [1.807, 2.05) is 18.2 Å². The van der Waals surface area contributed by atoms with Crippen LogP contribution in [-0.2, 0) is 10.8 Å². The molecule has 302 valence electrons. The van der Waals surface area contributed by atoms with E-state index in [2.05, 4.69) is 190 Å². The molecule has 1 aromatic heterocycles. The monoisotopic (exact) mass is 808 g/mol. The largest absolute Gasteiger partial charge is 0.243 e. The Bertz CT molecular complexity index is 3180. The molecule has 1 heterocycles. The minimum Gasteiger partial charge on any atom is -0.243 e. The molecule has 0 saturated heterocycles. The molecule has 12 rings (SSSR count). The summed E-state index contributed by atoms with van der Waals surface area (Å²) in [7, 11) is 0. The Hall–Kier alpha value is -7.16. The van der Waals surface area contributed by atoms with Gasteiger partial charge in [0.1, 0.15) is 0 Å². The van der Waals surface area contributed by atoms with Gasteiger partial charge in [-0.15, -0.1) is 0 Å². The maximum Gasteiger partial charge on any atom is 0.0973 e. The summed E-state index contributed by atoms with van der Waals surface area (Å²) in [5, 5.41) is 0. The van der Waals surface area contributed by atoms with Crippen molar-refractivity contribution in [3.8, 4) is 89.5 Å². The number of rotatable bonds is 6. The van der Waals surface area contributed by atoms with Crippen LogP contribution < -0.4 is 0 Å². The van der Waals surface area contributed by atoms with Crippen molar-refractivity contribution in [2.75, 3.05) is 0 Å². The van der Waals surface area contributed by atoms with E-state index in [4.69, 9.17) is 9.97 Å². The van der Waals surface area contributed by atoms with Gasteiger partial charge in [0.2, 0.25) is 0 Å². The highest BCUT2D eigenvalue weighted by molar-refractivity contribution is 5.92. The molecule has 0 bridgehead atoms. The molecule has 0 radical (unpaired) electrons. The fraction of sp³-hybridized carbons (Fsp3) is 0.148. The smallest absolute Gasteiger partial charge is 0.0973 e. The average molecular weight is 809 g/mol. The number of fused-ring (bicyclic) bond motifs is 8. The van der Waals surface area contributed by atoms with Crippen molar-refractivity contribution in [3.05, 3.63) is 216 Å². The molecule has 2 heteroatoms. The molecule has 0 amide bonds. The van der Waals surface area contributed by atoms with E-state index in [-0.39, 0.29) is 10.8 Å². The third-order valence-corrected chi connectivity index (χ3v) is 14.5. The molecule has 1 fully saturated rings. The molecular weight excluding hydrogens is 761 g/mol. The topological polar surface area (TPSA) is 25.8 Å². The predicted octanol–water partition coefficient (Wildman–Crippen LogP) is 16.0. The first-order valence-corrected chi connectivity index (χ1v) is 22.7. The first-order valence-electron chi connectivity index (χ1n) is 22.7. The minimum absolute atomic E-state index is 0.0231. The van der Waals surface area contributed by atoms with E-state index < -0.39 is 0 Å². The van der Waals surface area contributed by atoms with Crippen LogP contribution in [0, 0.1) is 0 Å².